The minimum atomic E-state index is 0.656. The molecule has 0 saturated carbocycles. The Labute approximate surface area is 119 Å². The first-order valence-electron chi connectivity index (χ1n) is 7.84. The standard InChI is InChI=1S/C15H33N3O/c1-3-4-5-6-7-8-9-10-11-12-15(18-16)17-13-14-19-2/h3-14,16H2,1-2H3,(H,17,18). The minimum absolute atomic E-state index is 0.656. The maximum Gasteiger partial charge on any atom is 0.110 e. The number of nitrogens with zero attached hydrogens (tertiary/aromatic N) is 1. The molecule has 0 aromatic rings. The summed E-state index contributed by atoms with van der Waals surface area (Å²) in [6.45, 7) is 3.60. The number of nitrogens with one attached hydrogen (secondary N) is 1. The van der Waals surface area contributed by atoms with Gasteiger partial charge in [0.25, 0.3) is 0 Å². The van der Waals surface area contributed by atoms with Gasteiger partial charge in [0.2, 0.25) is 0 Å². The van der Waals surface area contributed by atoms with Gasteiger partial charge in [0.15, 0.2) is 0 Å². The van der Waals surface area contributed by atoms with Crippen molar-refractivity contribution >= 4 is 5.84 Å². The molecule has 0 saturated heterocycles. The summed E-state index contributed by atoms with van der Waals surface area (Å²) in [6.07, 6.45) is 13.0. The van der Waals surface area contributed by atoms with E-state index in [1.165, 1.54) is 57.8 Å². The molecule has 3 N–H and O–H groups in total. The molecule has 0 aromatic heterocycles. The largest absolute Gasteiger partial charge is 0.383 e. The van der Waals surface area contributed by atoms with Gasteiger partial charge in [0.05, 0.1) is 13.2 Å². The van der Waals surface area contributed by atoms with Gasteiger partial charge in [-0.25, -0.2) is 5.84 Å². The van der Waals surface area contributed by atoms with Crippen LogP contribution in [0.15, 0.2) is 4.99 Å². The number of hydrazine groups is 1. The van der Waals surface area contributed by atoms with Gasteiger partial charge in [-0.3, -0.25) is 4.99 Å². The van der Waals surface area contributed by atoms with Crippen LogP contribution in [-0.4, -0.2) is 26.1 Å². The van der Waals surface area contributed by atoms with Crippen molar-refractivity contribution in [3.05, 3.63) is 0 Å². The summed E-state index contributed by atoms with van der Waals surface area (Å²) in [7, 11) is 1.69. The minimum Gasteiger partial charge on any atom is -0.383 e. The van der Waals surface area contributed by atoms with Crippen LogP contribution in [0.5, 0.6) is 0 Å². The molecule has 0 aliphatic carbocycles. The van der Waals surface area contributed by atoms with E-state index in [4.69, 9.17) is 10.6 Å². The fraction of sp³-hybridized carbons (Fsp3) is 0.933. The maximum absolute atomic E-state index is 5.44. The van der Waals surface area contributed by atoms with Crippen LogP contribution >= 0.6 is 0 Å². The summed E-state index contributed by atoms with van der Waals surface area (Å²) in [6, 6.07) is 0. The number of aliphatic imine (C=N–C) groups is 1. The maximum atomic E-state index is 5.44. The number of amidine groups is 1. The van der Waals surface area contributed by atoms with E-state index < -0.39 is 0 Å². The molecule has 0 aliphatic rings. The summed E-state index contributed by atoms with van der Waals surface area (Å²) < 4.78 is 4.96. The SMILES string of the molecule is CCCCCCCCCCCC(=NCCOC)NN. The molecular formula is C15H33N3O. The summed E-state index contributed by atoms with van der Waals surface area (Å²) in [5.41, 5.74) is 2.68. The molecule has 0 spiro atoms. The Morgan fingerprint density at radius 2 is 1.58 bits per heavy atom. The second-order valence-electron chi connectivity index (χ2n) is 5.04. The van der Waals surface area contributed by atoms with Crippen LogP contribution in [0.25, 0.3) is 0 Å². The van der Waals surface area contributed by atoms with E-state index in [0.717, 1.165) is 12.3 Å². The third kappa shape index (κ3) is 13.6. The number of hydrogen-bond acceptors (Lipinski definition) is 3. The normalized spacial score (nSPS) is 11.8. The van der Waals surface area contributed by atoms with E-state index in [2.05, 4.69) is 17.3 Å². The molecule has 4 heteroatoms. The number of rotatable bonds is 13. The smallest absolute Gasteiger partial charge is 0.110 e. The van der Waals surface area contributed by atoms with Gasteiger partial charge in [0, 0.05) is 13.5 Å². The Bertz CT molecular complexity index is 208. The van der Waals surface area contributed by atoms with Crippen molar-refractivity contribution < 1.29 is 4.74 Å². The first-order valence-corrected chi connectivity index (χ1v) is 7.84. The molecule has 4 nitrogen and oxygen atoms in total. The molecule has 0 unspecified atom stereocenters. The number of hydrogen-bond donors (Lipinski definition) is 2. The van der Waals surface area contributed by atoms with Crippen LogP contribution in [0.2, 0.25) is 0 Å². The number of nitrogens with two attached hydrogens (primary N) is 1. The summed E-state index contributed by atoms with van der Waals surface area (Å²) in [4.78, 5) is 4.36. The van der Waals surface area contributed by atoms with E-state index in [0.29, 0.717) is 13.2 Å². The molecule has 0 rings (SSSR count). The average molecular weight is 271 g/mol. The lowest BCUT2D eigenvalue weighted by Crippen LogP contribution is -2.30. The predicted molar refractivity (Wildman–Crippen MR) is 83.3 cm³/mol. The van der Waals surface area contributed by atoms with Crippen LogP contribution < -0.4 is 11.3 Å². The van der Waals surface area contributed by atoms with Crippen LogP contribution in [-0.2, 0) is 4.74 Å². The zero-order chi connectivity index (χ0) is 14.2. The zero-order valence-corrected chi connectivity index (χ0v) is 12.9. The Hall–Kier alpha value is -0.610. The van der Waals surface area contributed by atoms with Crippen molar-refractivity contribution in [2.24, 2.45) is 10.8 Å². The highest BCUT2D eigenvalue weighted by Crippen LogP contribution is 2.10. The van der Waals surface area contributed by atoms with E-state index in [-0.39, 0.29) is 0 Å². The van der Waals surface area contributed by atoms with Crippen molar-refractivity contribution in [1.29, 1.82) is 0 Å². The Kier molecular flexibility index (Phi) is 15.0. The highest BCUT2D eigenvalue weighted by Gasteiger charge is 1.97. The number of ether oxygens (including phenoxy) is 1. The molecule has 19 heavy (non-hydrogen) atoms. The number of methoxy groups -OCH3 is 1. The van der Waals surface area contributed by atoms with Crippen molar-refractivity contribution in [1.82, 2.24) is 5.43 Å². The molecule has 0 aromatic carbocycles. The van der Waals surface area contributed by atoms with E-state index >= 15 is 0 Å². The second kappa shape index (κ2) is 15.4. The van der Waals surface area contributed by atoms with E-state index in [9.17, 15) is 0 Å². The molecule has 114 valence electrons. The number of unbranched alkanes of at least 4 members (excludes halogenated alkanes) is 8. The fourth-order valence-corrected chi connectivity index (χ4v) is 2.07. The topological polar surface area (TPSA) is 59.6 Å². The van der Waals surface area contributed by atoms with Crippen LogP contribution in [0.1, 0.15) is 71.1 Å². The Morgan fingerprint density at radius 3 is 2.11 bits per heavy atom. The Balaban J connectivity index is 3.33. The van der Waals surface area contributed by atoms with Gasteiger partial charge in [-0.05, 0) is 6.42 Å². The second-order valence-corrected chi connectivity index (χ2v) is 5.04. The summed E-state index contributed by atoms with van der Waals surface area (Å²) >= 11 is 0. The van der Waals surface area contributed by atoms with Gasteiger partial charge >= 0.3 is 0 Å². The highest BCUT2D eigenvalue weighted by molar-refractivity contribution is 5.81. The third-order valence-electron chi connectivity index (χ3n) is 3.28. The molecule has 0 fully saturated rings. The monoisotopic (exact) mass is 271 g/mol. The molecule has 0 amide bonds. The van der Waals surface area contributed by atoms with Gasteiger partial charge in [-0.1, -0.05) is 58.3 Å². The van der Waals surface area contributed by atoms with Crippen molar-refractivity contribution in [3.63, 3.8) is 0 Å². The first-order chi connectivity index (χ1) is 9.35. The summed E-state index contributed by atoms with van der Waals surface area (Å²) in [5.74, 6) is 6.35. The average Bonchev–Trinajstić information content (AvgIpc) is 2.43. The zero-order valence-electron chi connectivity index (χ0n) is 12.9. The molecule has 0 aliphatic heterocycles. The lowest BCUT2D eigenvalue weighted by Gasteiger charge is -2.06. The molecule has 0 heterocycles. The van der Waals surface area contributed by atoms with Gasteiger partial charge in [-0.15, -0.1) is 0 Å². The van der Waals surface area contributed by atoms with Gasteiger partial charge < -0.3 is 10.2 Å². The lowest BCUT2D eigenvalue weighted by molar-refractivity contribution is 0.208. The lowest BCUT2D eigenvalue weighted by atomic mass is 10.1. The van der Waals surface area contributed by atoms with E-state index in [1.807, 2.05) is 0 Å². The van der Waals surface area contributed by atoms with Gasteiger partial charge in [0.1, 0.15) is 5.84 Å². The van der Waals surface area contributed by atoms with Crippen LogP contribution in [0.3, 0.4) is 0 Å². The Morgan fingerprint density at radius 1 is 1.00 bits per heavy atom. The van der Waals surface area contributed by atoms with Gasteiger partial charge in [-0.2, -0.15) is 0 Å². The van der Waals surface area contributed by atoms with Crippen LogP contribution in [0, 0.1) is 0 Å². The first kappa shape index (κ1) is 18.4. The third-order valence-corrected chi connectivity index (χ3v) is 3.28. The molecular weight excluding hydrogens is 238 g/mol. The van der Waals surface area contributed by atoms with Crippen molar-refractivity contribution in [3.8, 4) is 0 Å². The molecule has 0 radical (unpaired) electrons. The quantitative estimate of drug-likeness (QED) is 0.177. The highest BCUT2D eigenvalue weighted by atomic mass is 16.5. The van der Waals surface area contributed by atoms with Crippen LogP contribution in [0.4, 0.5) is 0 Å². The van der Waals surface area contributed by atoms with Crippen molar-refractivity contribution in [2.75, 3.05) is 20.3 Å². The van der Waals surface area contributed by atoms with E-state index in [1.54, 1.807) is 7.11 Å². The van der Waals surface area contributed by atoms with Crippen molar-refractivity contribution in [2.45, 2.75) is 71.1 Å². The fourth-order valence-electron chi connectivity index (χ4n) is 2.07. The summed E-state index contributed by atoms with van der Waals surface area (Å²) in [5, 5.41) is 0. The molecule has 0 atom stereocenters. The molecule has 0 bridgehead atoms. The predicted octanol–water partition coefficient (Wildman–Crippen LogP) is 3.42.